The van der Waals surface area contributed by atoms with E-state index in [9.17, 15) is 8.42 Å². The number of sulfonamides is 1. The van der Waals surface area contributed by atoms with E-state index < -0.39 is 15.3 Å². The first kappa shape index (κ1) is 9.48. The monoisotopic (exact) mass is 212 g/mol. The molecule has 1 atom stereocenters. The molecule has 0 saturated heterocycles. The Morgan fingerprint density at radius 1 is 1.36 bits per heavy atom. The molecule has 1 unspecified atom stereocenters. The van der Waals surface area contributed by atoms with E-state index in [1.165, 1.54) is 0 Å². The first-order valence-electron chi connectivity index (χ1n) is 4.41. The minimum absolute atomic E-state index is 0.399. The van der Waals surface area contributed by atoms with Gasteiger partial charge in [0.15, 0.2) is 0 Å². The zero-order valence-corrected chi connectivity index (χ0v) is 8.42. The van der Waals surface area contributed by atoms with Gasteiger partial charge in [0.2, 0.25) is 10.0 Å². The molecule has 0 amide bonds. The van der Waals surface area contributed by atoms with Crippen LogP contribution in [0, 0.1) is 0 Å². The van der Waals surface area contributed by atoms with Crippen LogP contribution in [0.15, 0.2) is 24.3 Å². The highest BCUT2D eigenvalue weighted by Crippen LogP contribution is 2.23. The van der Waals surface area contributed by atoms with Crippen LogP contribution in [0.25, 0.3) is 0 Å². The van der Waals surface area contributed by atoms with Gasteiger partial charge in [-0.25, -0.2) is 13.6 Å². The Balaban J connectivity index is 2.30. The highest BCUT2D eigenvalue weighted by atomic mass is 32.2. The smallest absolute Gasteiger partial charge is 0.214 e. The summed E-state index contributed by atoms with van der Waals surface area (Å²) in [6.07, 6.45) is 0.502. The number of anilines is 1. The quantitative estimate of drug-likeness (QED) is 0.703. The Morgan fingerprint density at radius 2 is 2.07 bits per heavy atom. The van der Waals surface area contributed by atoms with Crippen molar-refractivity contribution in [3.05, 3.63) is 29.8 Å². The van der Waals surface area contributed by atoms with Gasteiger partial charge in [0.25, 0.3) is 0 Å². The lowest BCUT2D eigenvalue weighted by atomic mass is 10.0. The third-order valence-electron chi connectivity index (χ3n) is 2.45. The van der Waals surface area contributed by atoms with Gasteiger partial charge in [-0.3, -0.25) is 0 Å². The second-order valence-electron chi connectivity index (χ2n) is 3.45. The summed E-state index contributed by atoms with van der Waals surface area (Å²) in [5.74, 6) is 0. The van der Waals surface area contributed by atoms with Crippen LogP contribution in [0.4, 0.5) is 5.69 Å². The molecular formula is C9H12N2O2S. The molecule has 0 aliphatic carbocycles. The van der Waals surface area contributed by atoms with Gasteiger partial charge in [0, 0.05) is 12.2 Å². The lowest BCUT2D eigenvalue weighted by Crippen LogP contribution is -2.39. The standard InChI is InChI=1S/C9H12N2O2S/c10-14(12,13)8-5-7-3-1-2-4-9(7)11-6-8/h1-4,8,11H,5-6H2,(H2,10,12,13). The van der Waals surface area contributed by atoms with Gasteiger partial charge in [0.05, 0.1) is 5.25 Å². The van der Waals surface area contributed by atoms with E-state index in [2.05, 4.69) is 5.32 Å². The van der Waals surface area contributed by atoms with Gasteiger partial charge < -0.3 is 5.32 Å². The molecule has 1 aliphatic heterocycles. The first-order chi connectivity index (χ1) is 6.57. The second kappa shape index (κ2) is 3.25. The zero-order valence-electron chi connectivity index (χ0n) is 7.60. The van der Waals surface area contributed by atoms with Crippen LogP contribution in [0.1, 0.15) is 5.56 Å². The van der Waals surface area contributed by atoms with Crippen molar-refractivity contribution >= 4 is 15.7 Å². The number of benzene rings is 1. The number of nitrogens with one attached hydrogen (secondary N) is 1. The van der Waals surface area contributed by atoms with E-state index >= 15 is 0 Å². The van der Waals surface area contributed by atoms with Crippen LogP contribution < -0.4 is 10.5 Å². The molecule has 14 heavy (non-hydrogen) atoms. The average Bonchev–Trinajstić information content (AvgIpc) is 2.16. The fraction of sp³-hybridized carbons (Fsp3) is 0.333. The van der Waals surface area contributed by atoms with E-state index in [0.29, 0.717) is 13.0 Å². The molecule has 0 spiro atoms. The molecule has 0 bridgehead atoms. The third-order valence-corrected chi connectivity index (χ3v) is 3.71. The lowest BCUT2D eigenvalue weighted by Gasteiger charge is -2.24. The van der Waals surface area contributed by atoms with Crippen molar-refractivity contribution in [2.75, 3.05) is 11.9 Å². The van der Waals surface area contributed by atoms with Crippen molar-refractivity contribution in [3.63, 3.8) is 0 Å². The maximum atomic E-state index is 11.1. The highest BCUT2D eigenvalue weighted by Gasteiger charge is 2.26. The summed E-state index contributed by atoms with van der Waals surface area (Å²) in [6.45, 7) is 0.399. The predicted molar refractivity (Wildman–Crippen MR) is 55.5 cm³/mol. The van der Waals surface area contributed by atoms with E-state index in [1.807, 2.05) is 24.3 Å². The van der Waals surface area contributed by atoms with Crippen molar-refractivity contribution in [2.45, 2.75) is 11.7 Å². The molecule has 3 N–H and O–H groups in total. The van der Waals surface area contributed by atoms with E-state index in [4.69, 9.17) is 5.14 Å². The van der Waals surface area contributed by atoms with Crippen LogP contribution in [-0.2, 0) is 16.4 Å². The summed E-state index contributed by atoms with van der Waals surface area (Å²) in [7, 11) is -3.43. The van der Waals surface area contributed by atoms with Crippen molar-refractivity contribution in [3.8, 4) is 0 Å². The lowest BCUT2D eigenvalue weighted by molar-refractivity contribution is 0.580. The van der Waals surface area contributed by atoms with Gasteiger partial charge in [-0.2, -0.15) is 0 Å². The first-order valence-corrected chi connectivity index (χ1v) is 6.02. The maximum Gasteiger partial charge on any atom is 0.214 e. The molecule has 5 heteroatoms. The Kier molecular flexibility index (Phi) is 2.20. The molecular weight excluding hydrogens is 200 g/mol. The topological polar surface area (TPSA) is 72.2 Å². The Bertz CT molecular complexity index is 442. The molecule has 76 valence electrons. The molecule has 2 rings (SSSR count). The molecule has 1 aliphatic rings. The largest absolute Gasteiger partial charge is 0.383 e. The summed E-state index contributed by atoms with van der Waals surface area (Å²) < 4.78 is 22.3. The number of hydrogen-bond acceptors (Lipinski definition) is 3. The van der Waals surface area contributed by atoms with E-state index in [1.54, 1.807) is 0 Å². The fourth-order valence-corrected chi connectivity index (χ4v) is 2.37. The second-order valence-corrected chi connectivity index (χ2v) is 5.30. The Morgan fingerprint density at radius 3 is 2.79 bits per heavy atom. The van der Waals surface area contributed by atoms with Gasteiger partial charge in [0.1, 0.15) is 0 Å². The summed E-state index contributed by atoms with van der Waals surface area (Å²) >= 11 is 0. The molecule has 1 aromatic rings. The Hall–Kier alpha value is -1.07. The van der Waals surface area contributed by atoms with Crippen molar-refractivity contribution < 1.29 is 8.42 Å². The Labute approximate surface area is 83.2 Å². The molecule has 1 aromatic carbocycles. The van der Waals surface area contributed by atoms with Gasteiger partial charge in [-0.05, 0) is 18.1 Å². The number of para-hydroxylation sites is 1. The maximum absolute atomic E-state index is 11.1. The van der Waals surface area contributed by atoms with Crippen LogP contribution in [-0.4, -0.2) is 20.2 Å². The summed E-state index contributed by atoms with van der Waals surface area (Å²) in [6, 6.07) is 7.67. The summed E-state index contributed by atoms with van der Waals surface area (Å²) in [5.41, 5.74) is 2.02. The van der Waals surface area contributed by atoms with Crippen LogP contribution >= 0.6 is 0 Å². The molecule has 4 nitrogen and oxygen atoms in total. The number of primary sulfonamides is 1. The fourth-order valence-electron chi connectivity index (χ4n) is 1.64. The van der Waals surface area contributed by atoms with Gasteiger partial charge in [-0.15, -0.1) is 0 Å². The van der Waals surface area contributed by atoms with Gasteiger partial charge >= 0.3 is 0 Å². The molecule has 0 fully saturated rings. The number of nitrogens with two attached hydrogens (primary N) is 1. The highest BCUT2D eigenvalue weighted by molar-refractivity contribution is 7.89. The normalized spacial score (nSPS) is 21.1. The van der Waals surface area contributed by atoms with Crippen LogP contribution in [0.5, 0.6) is 0 Å². The third kappa shape index (κ3) is 1.73. The minimum atomic E-state index is -3.43. The molecule has 0 aromatic heterocycles. The van der Waals surface area contributed by atoms with Gasteiger partial charge in [-0.1, -0.05) is 18.2 Å². The van der Waals surface area contributed by atoms with Crippen molar-refractivity contribution in [1.82, 2.24) is 0 Å². The van der Waals surface area contributed by atoms with E-state index in [-0.39, 0.29) is 0 Å². The van der Waals surface area contributed by atoms with Crippen LogP contribution in [0.3, 0.4) is 0 Å². The molecule has 0 saturated carbocycles. The summed E-state index contributed by atoms with van der Waals surface area (Å²) in [5, 5.41) is 7.66. The van der Waals surface area contributed by atoms with Crippen LogP contribution in [0.2, 0.25) is 0 Å². The molecule has 0 radical (unpaired) electrons. The van der Waals surface area contributed by atoms with Crippen molar-refractivity contribution in [2.24, 2.45) is 5.14 Å². The minimum Gasteiger partial charge on any atom is -0.383 e. The zero-order chi connectivity index (χ0) is 10.2. The van der Waals surface area contributed by atoms with Crippen molar-refractivity contribution in [1.29, 1.82) is 0 Å². The summed E-state index contributed by atoms with van der Waals surface area (Å²) in [4.78, 5) is 0. The molecule has 1 heterocycles. The predicted octanol–water partition coefficient (Wildman–Crippen LogP) is 0.312. The number of fused-ring (bicyclic) bond motifs is 1. The number of rotatable bonds is 1. The SMILES string of the molecule is NS(=O)(=O)C1CNc2ccccc2C1. The number of hydrogen-bond donors (Lipinski definition) is 2. The average molecular weight is 212 g/mol. The van der Waals surface area contributed by atoms with E-state index in [0.717, 1.165) is 11.3 Å².